The Morgan fingerprint density at radius 1 is 1.41 bits per heavy atom. The largest absolute Gasteiger partial charge is 0.383 e. The van der Waals surface area contributed by atoms with Crippen LogP contribution in [0.5, 0.6) is 0 Å². The summed E-state index contributed by atoms with van der Waals surface area (Å²) >= 11 is 1.39. The number of thiophene rings is 1. The lowest BCUT2D eigenvalue weighted by Gasteiger charge is -2.22. The van der Waals surface area contributed by atoms with Crippen LogP contribution in [0.3, 0.4) is 0 Å². The molecule has 0 bridgehead atoms. The second kappa shape index (κ2) is 6.54. The first kappa shape index (κ1) is 15.9. The number of benzene rings is 1. The number of aliphatic hydroxyl groups is 1. The molecule has 0 radical (unpaired) electrons. The maximum atomic E-state index is 11.8. The van der Waals surface area contributed by atoms with Crippen LogP contribution >= 0.6 is 11.3 Å². The number of hydrogen-bond acceptors (Lipinski definition) is 5. The Bertz CT molecular complexity index is 670. The van der Waals surface area contributed by atoms with Crippen molar-refractivity contribution in [2.75, 3.05) is 11.9 Å². The molecule has 2 rings (SSSR count). The summed E-state index contributed by atoms with van der Waals surface area (Å²) in [5.74, 6) is 0. The van der Waals surface area contributed by atoms with Gasteiger partial charge in [-0.25, -0.2) is 4.79 Å². The van der Waals surface area contributed by atoms with Crippen LogP contribution in [-0.4, -0.2) is 22.6 Å². The number of rotatable bonds is 5. The predicted octanol–water partition coefficient (Wildman–Crippen LogP) is 2.69. The fraction of sp³-hybridized carbons (Fsp3) is 0.214. The van der Waals surface area contributed by atoms with Crippen LogP contribution in [-0.2, 0) is 5.60 Å². The fourth-order valence-electron chi connectivity index (χ4n) is 1.80. The van der Waals surface area contributed by atoms with Gasteiger partial charge in [0.05, 0.1) is 11.5 Å². The molecule has 116 valence electrons. The van der Waals surface area contributed by atoms with Crippen LogP contribution in [0.1, 0.15) is 11.8 Å². The molecule has 0 saturated heterocycles. The summed E-state index contributed by atoms with van der Waals surface area (Å²) in [6.45, 7) is 1.63. The first-order chi connectivity index (χ1) is 10.4. The lowest BCUT2D eigenvalue weighted by atomic mass is 10.1. The first-order valence-electron chi connectivity index (χ1n) is 6.44. The van der Waals surface area contributed by atoms with E-state index in [9.17, 15) is 20.0 Å². The molecule has 1 unspecified atom stereocenters. The van der Waals surface area contributed by atoms with Gasteiger partial charge in [0.2, 0.25) is 0 Å². The first-order valence-corrected chi connectivity index (χ1v) is 7.32. The Balaban J connectivity index is 1.93. The molecule has 0 aliphatic carbocycles. The van der Waals surface area contributed by atoms with Gasteiger partial charge in [0.15, 0.2) is 0 Å². The molecule has 2 amide bonds. The van der Waals surface area contributed by atoms with Crippen molar-refractivity contribution in [3.63, 3.8) is 0 Å². The molecule has 1 atom stereocenters. The third-order valence-electron chi connectivity index (χ3n) is 2.96. The zero-order valence-electron chi connectivity index (χ0n) is 11.8. The summed E-state index contributed by atoms with van der Waals surface area (Å²) in [5, 5.41) is 27.8. The van der Waals surface area contributed by atoms with E-state index in [1.165, 1.54) is 29.5 Å². The fourth-order valence-corrected chi connectivity index (χ4v) is 2.58. The van der Waals surface area contributed by atoms with Gasteiger partial charge >= 0.3 is 6.03 Å². The van der Waals surface area contributed by atoms with E-state index in [1.807, 2.05) is 11.4 Å². The van der Waals surface area contributed by atoms with Gasteiger partial charge in [-0.1, -0.05) is 12.1 Å². The van der Waals surface area contributed by atoms with E-state index in [4.69, 9.17) is 0 Å². The third kappa shape index (κ3) is 4.03. The highest BCUT2D eigenvalue weighted by Crippen LogP contribution is 2.24. The SMILES string of the molecule is CC(O)(CNC(=O)Nc1cccc([N+](=O)[O-])c1)c1cccs1. The molecule has 0 spiro atoms. The van der Waals surface area contributed by atoms with Gasteiger partial charge in [0.1, 0.15) is 5.60 Å². The van der Waals surface area contributed by atoms with Gasteiger partial charge in [-0.3, -0.25) is 10.1 Å². The zero-order valence-corrected chi connectivity index (χ0v) is 12.6. The second-order valence-corrected chi connectivity index (χ2v) is 5.81. The minimum atomic E-state index is -1.17. The van der Waals surface area contributed by atoms with Crippen molar-refractivity contribution in [2.24, 2.45) is 0 Å². The van der Waals surface area contributed by atoms with E-state index in [0.29, 0.717) is 5.69 Å². The van der Waals surface area contributed by atoms with Gasteiger partial charge in [-0.2, -0.15) is 0 Å². The van der Waals surface area contributed by atoms with Gasteiger partial charge in [-0.05, 0) is 24.4 Å². The third-order valence-corrected chi connectivity index (χ3v) is 4.08. The molecule has 0 aliphatic rings. The number of amides is 2. The summed E-state index contributed by atoms with van der Waals surface area (Å²) in [6, 6.07) is 8.68. The number of hydrogen-bond donors (Lipinski definition) is 3. The number of nitro benzene ring substituents is 1. The van der Waals surface area contributed by atoms with Gasteiger partial charge < -0.3 is 15.7 Å². The van der Waals surface area contributed by atoms with Crippen molar-refractivity contribution < 1.29 is 14.8 Å². The van der Waals surface area contributed by atoms with E-state index < -0.39 is 16.6 Å². The highest BCUT2D eigenvalue weighted by atomic mass is 32.1. The molecular weight excluding hydrogens is 306 g/mol. The topological polar surface area (TPSA) is 104 Å². The maximum absolute atomic E-state index is 11.8. The molecule has 0 fully saturated rings. The van der Waals surface area contributed by atoms with Crippen molar-refractivity contribution >= 4 is 28.7 Å². The van der Waals surface area contributed by atoms with Gasteiger partial charge in [-0.15, -0.1) is 11.3 Å². The van der Waals surface area contributed by atoms with Crippen LogP contribution in [0.2, 0.25) is 0 Å². The minimum absolute atomic E-state index is 0.0221. The Morgan fingerprint density at radius 2 is 2.18 bits per heavy atom. The second-order valence-electron chi connectivity index (χ2n) is 4.87. The zero-order chi connectivity index (χ0) is 16.2. The average Bonchev–Trinajstić information content (AvgIpc) is 3.00. The van der Waals surface area contributed by atoms with E-state index in [1.54, 1.807) is 19.1 Å². The molecule has 3 N–H and O–H groups in total. The molecule has 1 aromatic heterocycles. The number of non-ortho nitro benzene ring substituents is 1. The lowest BCUT2D eigenvalue weighted by Crippen LogP contribution is -2.40. The lowest BCUT2D eigenvalue weighted by molar-refractivity contribution is -0.384. The molecule has 1 heterocycles. The predicted molar refractivity (Wildman–Crippen MR) is 84.0 cm³/mol. The Morgan fingerprint density at radius 3 is 2.82 bits per heavy atom. The molecule has 1 aromatic carbocycles. The number of nitrogens with one attached hydrogen (secondary N) is 2. The van der Waals surface area contributed by atoms with Crippen molar-refractivity contribution in [2.45, 2.75) is 12.5 Å². The number of anilines is 1. The summed E-state index contributed by atoms with van der Waals surface area (Å²) < 4.78 is 0. The van der Waals surface area contributed by atoms with Gasteiger partial charge in [0, 0.05) is 22.7 Å². The number of carbonyl (C=O) groups excluding carboxylic acids is 1. The van der Waals surface area contributed by atoms with E-state index in [0.717, 1.165) is 4.88 Å². The highest BCUT2D eigenvalue weighted by Gasteiger charge is 2.24. The molecule has 7 nitrogen and oxygen atoms in total. The quantitative estimate of drug-likeness (QED) is 0.581. The van der Waals surface area contributed by atoms with Crippen LogP contribution in [0.25, 0.3) is 0 Å². The molecule has 22 heavy (non-hydrogen) atoms. The summed E-state index contributed by atoms with van der Waals surface area (Å²) in [7, 11) is 0. The molecule has 2 aromatic rings. The number of nitro groups is 1. The normalized spacial score (nSPS) is 13.2. The van der Waals surface area contributed by atoms with E-state index in [-0.39, 0.29) is 12.2 Å². The van der Waals surface area contributed by atoms with E-state index in [2.05, 4.69) is 10.6 Å². The Hall–Kier alpha value is -2.45. The highest BCUT2D eigenvalue weighted by molar-refractivity contribution is 7.10. The van der Waals surface area contributed by atoms with Crippen molar-refractivity contribution in [3.8, 4) is 0 Å². The standard InChI is InChI=1S/C14H15N3O4S/c1-14(19,12-6-3-7-22-12)9-15-13(18)16-10-4-2-5-11(8-10)17(20)21/h2-8,19H,9H2,1H3,(H2,15,16,18). The Labute approximate surface area is 130 Å². The van der Waals surface area contributed by atoms with Crippen LogP contribution < -0.4 is 10.6 Å². The molecule has 0 aliphatic heterocycles. The van der Waals surface area contributed by atoms with Crippen LogP contribution in [0.4, 0.5) is 16.2 Å². The van der Waals surface area contributed by atoms with Crippen molar-refractivity contribution in [1.82, 2.24) is 5.32 Å². The van der Waals surface area contributed by atoms with Crippen LogP contribution in [0, 0.1) is 10.1 Å². The minimum Gasteiger partial charge on any atom is -0.383 e. The molecule has 8 heteroatoms. The van der Waals surface area contributed by atoms with Crippen LogP contribution in [0.15, 0.2) is 41.8 Å². The smallest absolute Gasteiger partial charge is 0.319 e. The molecular formula is C14H15N3O4S. The number of urea groups is 1. The number of carbonyl (C=O) groups is 1. The average molecular weight is 321 g/mol. The van der Waals surface area contributed by atoms with E-state index >= 15 is 0 Å². The number of nitrogens with zero attached hydrogens (tertiary/aromatic N) is 1. The summed E-state index contributed by atoms with van der Waals surface area (Å²) in [4.78, 5) is 22.7. The Kier molecular flexibility index (Phi) is 4.74. The summed E-state index contributed by atoms with van der Waals surface area (Å²) in [5.41, 5.74) is -0.973. The maximum Gasteiger partial charge on any atom is 0.319 e. The molecule has 0 saturated carbocycles. The van der Waals surface area contributed by atoms with Crippen molar-refractivity contribution in [1.29, 1.82) is 0 Å². The van der Waals surface area contributed by atoms with Crippen molar-refractivity contribution in [3.05, 3.63) is 56.8 Å². The summed E-state index contributed by atoms with van der Waals surface area (Å²) in [6.07, 6.45) is 0. The monoisotopic (exact) mass is 321 g/mol. The van der Waals surface area contributed by atoms with Gasteiger partial charge in [0.25, 0.3) is 5.69 Å².